The van der Waals surface area contributed by atoms with Crippen molar-refractivity contribution < 1.29 is 28.6 Å². The van der Waals surface area contributed by atoms with Crippen LogP contribution >= 0.6 is 0 Å². The Kier molecular flexibility index (Phi) is 36.0. The Bertz CT molecular complexity index is 766. The number of ether oxygens (including phenoxy) is 3. The quantitative estimate of drug-likeness (QED) is 0.0361. The molecule has 0 N–H and O–H groups in total. The molecule has 6 heteroatoms. The summed E-state index contributed by atoms with van der Waals surface area (Å²) in [6.45, 7) is 11.2. The second-order valence-corrected chi connectivity index (χ2v) is 15.7. The van der Waals surface area contributed by atoms with Crippen LogP contribution in [0.5, 0.6) is 0 Å². The molecule has 0 saturated heterocycles. The summed E-state index contributed by atoms with van der Waals surface area (Å²) in [5, 5.41) is 0. The van der Waals surface area contributed by atoms with Crippen molar-refractivity contribution in [2.24, 2.45) is 11.8 Å². The summed E-state index contributed by atoms with van der Waals surface area (Å²) in [6.07, 6.45) is 33.8. The summed E-state index contributed by atoms with van der Waals surface area (Å²) in [4.78, 5) is 37.6. The molecule has 0 heterocycles. The van der Waals surface area contributed by atoms with Crippen molar-refractivity contribution in [1.82, 2.24) is 0 Å². The molecule has 0 aliphatic rings. The van der Waals surface area contributed by atoms with Crippen LogP contribution in [-0.4, -0.2) is 37.2 Å². The van der Waals surface area contributed by atoms with E-state index in [0.717, 1.165) is 69.6 Å². The summed E-state index contributed by atoms with van der Waals surface area (Å²) < 4.78 is 16.7. The first kappa shape index (κ1) is 48.4. The molecular weight excluding hydrogens is 624 g/mol. The van der Waals surface area contributed by atoms with Crippen LogP contribution in [0.1, 0.15) is 234 Å². The van der Waals surface area contributed by atoms with Crippen molar-refractivity contribution in [2.45, 2.75) is 240 Å². The van der Waals surface area contributed by atoms with Gasteiger partial charge in [-0.3, -0.25) is 14.4 Å². The van der Waals surface area contributed by atoms with Crippen LogP contribution in [0.15, 0.2) is 0 Å². The molecule has 6 nitrogen and oxygen atoms in total. The molecule has 296 valence electrons. The lowest BCUT2D eigenvalue weighted by Gasteiger charge is -2.18. The summed E-state index contributed by atoms with van der Waals surface area (Å²) >= 11 is 0. The van der Waals surface area contributed by atoms with Crippen LogP contribution < -0.4 is 0 Å². The molecule has 0 bridgehead atoms. The lowest BCUT2D eigenvalue weighted by atomic mass is 10.00. The second kappa shape index (κ2) is 37.2. The third-order valence-electron chi connectivity index (χ3n) is 10.1. The van der Waals surface area contributed by atoms with Gasteiger partial charge in [-0.2, -0.15) is 0 Å². The molecule has 0 amide bonds. The van der Waals surface area contributed by atoms with Gasteiger partial charge in [-0.15, -0.1) is 0 Å². The van der Waals surface area contributed by atoms with Crippen molar-refractivity contribution in [1.29, 1.82) is 0 Å². The summed E-state index contributed by atoms with van der Waals surface area (Å²) in [5.74, 6) is 0.730. The fraction of sp³-hybridized carbons (Fsp3) is 0.932. The highest BCUT2D eigenvalue weighted by Gasteiger charge is 2.19. The van der Waals surface area contributed by atoms with Crippen molar-refractivity contribution in [3.05, 3.63) is 0 Å². The fourth-order valence-electron chi connectivity index (χ4n) is 6.37. The molecule has 2 atom stereocenters. The number of carbonyl (C=O) groups is 3. The van der Waals surface area contributed by atoms with Gasteiger partial charge in [0, 0.05) is 19.3 Å². The van der Waals surface area contributed by atoms with E-state index in [-0.39, 0.29) is 31.1 Å². The van der Waals surface area contributed by atoms with Crippen LogP contribution in [0, 0.1) is 11.8 Å². The molecule has 0 rings (SSSR count). The largest absolute Gasteiger partial charge is 0.462 e. The molecule has 0 fully saturated rings. The molecule has 1 unspecified atom stereocenters. The van der Waals surface area contributed by atoms with E-state index in [0.29, 0.717) is 19.3 Å². The van der Waals surface area contributed by atoms with Crippen molar-refractivity contribution in [3.8, 4) is 0 Å². The highest BCUT2D eigenvalue weighted by atomic mass is 16.6. The van der Waals surface area contributed by atoms with E-state index in [4.69, 9.17) is 14.2 Å². The van der Waals surface area contributed by atoms with Crippen LogP contribution in [-0.2, 0) is 28.6 Å². The Labute approximate surface area is 310 Å². The minimum absolute atomic E-state index is 0.0667. The summed E-state index contributed by atoms with van der Waals surface area (Å²) in [7, 11) is 0. The Morgan fingerprint density at radius 3 is 1.14 bits per heavy atom. The average Bonchev–Trinajstić information content (AvgIpc) is 3.09. The molecular formula is C44H84O6. The summed E-state index contributed by atoms with van der Waals surface area (Å²) in [6, 6.07) is 0. The van der Waals surface area contributed by atoms with E-state index in [2.05, 4.69) is 34.6 Å². The smallest absolute Gasteiger partial charge is 0.306 e. The molecule has 0 aromatic carbocycles. The lowest BCUT2D eigenvalue weighted by molar-refractivity contribution is -0.167. The molecule has 0 saturated carbocycles. The molecule has 0 spiro atoms. The minimum Gasteiger partial charge on any atom is -0.462 e. The van der Waals surface area contributed by atoms with E-state index in [1.54, 1.807) is 0 Å². The molecule has 0 aliphatic carbocycles. The van der Waals surface area contributed by atoms with Crippen LogP contribution in [0.4, 0.5) is 0 Å². The molecule has 0 aromatic rings. The standard InChI is InChI=1S/C44H84O6/c1-6-8-9-10-11-12-13-14-15-18-26-31-36-44(47)50-41(37-48-42(45)34-29-24-19-16-17-22-27-32-39(3)4)38-49-43(46)35-30-25-21-20-23-28-33-40(5)7-2/h39-41H,6-38H2,1-5H3/t40?,41-/m1/s1. The number of unbranched alkanes of at least 4 members (excludes halogenated alkanes) is 22. The van der Waals surface area contributed by atoms with Gasteiger partial charge in [-0.1, -0.05) is 195 Å². The van der Waals surface area contributed by atoms with Gasteiger partial charge in [-0.25, -0.2) is 0 Å². The van der Waals surface area contributed by atoms with Gasteiger partial charge in [0.05, 0.1) is 0 Å². The first-order valence-electron chi connectivity index (χ1n) is 21.8. The van der Waals surface area contributed by atoms with E-state index in [1.807, 2.05) is 0 Å². The maximum absolute atomic E-state index is 12.7. The van der Waals surface area contributed by atoms with Gasteiger partial charge in [-0.05, 0) is 31.1 Å². The number of carbonyl (C=O) groups excluding carboxylic acids is 3. The van der Waals surface area contributed by atoms with E-state index >= 15 is 0 Å². The SMILES string of the molecule is CCCCCCCCCCCCCCC(=O)O[C@H](COC(=O)CCCCCCCCCC(C)C)COC(=O)CCCCCCCCC(C)CC. The second-order valence-electron chi connectivity index (χ2n) is 15.7. The zero-order chi connectivity index (χ0) is 36.9. The van der Waals surface area contributed by atoms with Crippen LogP contribution in [0.25, 0.3) is 0 Å². The third kappa shape index (κ3) is 36.2. The van der Waals surface area contributed by atoms with Gasteiger partial charge in [0.2, 0.25) is 0 Å². The monoisotopic (exact) mass is 709 g/mol. The molecule has 50 heavy (non-hydrogen) atoms. The predicted octanol–water partition coefficient (Wildman–Crippen LogP) is 13.4. The Hall–Kier alpha value is -1.59. The highest BCUT2D eigenvalue weighted by Crippen LogP contribution is 2.16. The topological polar surface area (TPSA) is 78.9 Å². The maximum atomic E-state index is 12.7. The number of esters is 3. The highest BCUT2D eigenvalue weighted by molar-refractivity contribution is 5.71. The lowest BCUT2D eigenvalue weighted by Crippen LogP contribution is -2.30. The predicted molar refractivity (Wildman–Crippen MR) is 210 cm³/mol. The fourth-order valence-corrected chi connectivity index (χ4v) is 6.37. The number of rotatable bonds is 38. The van der Waals surface area contributed by atoms with Crippen molar-refractivity contribution >= 4 is 17.9 Å². The average molecular weight is 709 g/mol. The van der Waals surface area contributed by atoms with E-state index in [1.165, 1.54) is 122 Å². The van der Waals surface area contributed by atoms with Gasteiger partial charge in [0.1, 0.15) is 13.2 Å². The van der Waals surface area contributed by atoms with Gasteiger partial charge < -0.3 is 14.2 Å². The zero-order valence-electron chi connectivity index (χ0n) is 34.0. The third-order valence-corrected chi connectivity index (χ3v) is 10.1. The zero-order valence-corrected chi connectivity index (χ0v) is 34.0. The van der Waals surface area contributed by atoms with E-state index in [9.17, 15) is 14.4 Å². The van der Waals surface area contributed by atoms with Gasteiger partial charge in [0.25, 0.3) is 0 Å². The van der Waals surface area contributed by atoms with Crippen LogP contribution in [0.3, 0.4) is 0 Å². The van der Waals surface area contributed by atoms with Crippen LogP contribution in [0.2, 0.25) is 0 Å². The van der Waals surface area contributed by atoms with Gasteiger partial charge in [0.15, 0.2) is 6.10 Å². The minimum atomic E-state index is -0.760. The first-order valence-corrected chi connectivity index (χ1v) is 21.8. The van der Waals surface area contributed by atoms with E-state index < -0.39 is 6.10 Å². The molecule has 0 aliphatic heterocycles. The molecule has 0 radical (unpaired) electrons. The van der Waals surface area contributed by atoms with Gasteiger partial charge >= 0.3 is 17.9 Å². The Morgan fingerprint density at radius 1 is 0.420 bits per heavy atom. The molecule has 0 aromatic heterocycles. The maximum Gasteiger partial charge on any atom is 0.306 e. The first-order chi connectivity index (χ1) is 24.3. The number of hydrogen-bond acceptors (Lipinski definition) is 6. The van der Waals surface area contributed by atoms with Crippen molar-refractivity contribution in [2.75, 3.05) is 13.2 Å². The Balaban J connectivity index is 4.36. The number of hydrogen-bond donors (Lipinski definition) is 0. The summed E-state index contributed by atoms with van der Waals surface area (Å²) in [5.41, 5.74) is 0. The van der Waals surface area contributed by atoms with Crippen molar-refractivity contribution in [3.63, 3.8) is 0 Å². The normalized spacial score (nSPS) is 12.6. The Morgan fingerprint density at radius 2 is 0.760 bits per heavy atom.